The fourth-order valence-electron chi connectivity index (χ4n) is 10.5. The molecule has 0 aromatic heterocycles. The highest BCUT2D eigenvalue weighted by molar-refractivity contribution is 5.15. The first kappa shape index (κ1) is 36.6. The summed E-state index contributed by atoms with van der Waals surface area (Å²) < 4.78 is 20.1. The van der Waals surface area contributed by atoms with E-state index in [1.54, 1.807) is 0 Å². The Morgan fingerprint density at radius 1 is 0.783 bits per heavy atom. The van der Waals surface area contributed by atoms with Gasteiger partial charge in [0, 0.05) is 66.2 Å². The lowest BCUT2D eigenvalue weighted by Crippen LogP contribution is -2.63. The molecule has 11 atom stereocenters. The van der Waals surface area contributed by atoms with Crippen LogP contribution in [0.1, 0.15) is 97.8 Å². The molecule has 0 saturated heterocycles. The van der Waals surface area contributed by atoms with Gasteiger partial charge < -0.3 is 19.3 Å². The molecule has 0 heterocycles. The van der Waals surface area contributed by atoms with Crippen LogP contribution in [0.4, 0.5) is 0 Å². The lowest BCUT2D eigenvalue weighted by Gasteiger charge is -2.65. The quantitative estimate of drug-likeness (QED) is 0.0637. The number of rotatable bonds is 19. The number of aliphatic hydroxyl groups excluding tert-OH is 1. The van der Waals surface area contributed by atoms with E-state index in [4.69, 9.17) is 30.8 Å². The summed E-state index contributed by atoms with van der Waals surface area (Å²) in [5, 5.41) is 20.8. The fourth-order valence-corrected chi connectivity index (χ4v) is 10.5. The molecule has 0 spiro atoms. The second-order valence-electron chi connectivity index (χ2n) is 14.8. The Balaban J connectivity index is 1.61. The van der Waals surface area contributed by atoms with Crippen molar-refractivity contribution >= 4 is 0 Å². The maximum absolute atomic E-state index is 9.63. The molecule has 4 aliphatic rings. The van der Waals surface area contributed by atoms with Crippen molar-refractivity contribution in [3.05, 3.63) is 31.3 Å². The maximum atomic E-state index is 9.63. The van der Waals surface area contributed by atoms with Gasteiger partial charge in [0.2, 0.25) is 0 Å². The zero-order valence-corrected chi connectivity index (χ0v) is 28.3. The summed E-state index contributed by atoms with van der Waals surface area (Å²) >= 11 is 0. The number of aliphatic hydroxyl groups is 1. The Morgan fingerprint density at radius 2 is 1.41 bits per heavy atom. The Bertz CT molecular complexity index is 1110. The molecule has 4 aliphatic carbocycles. The number of azide groups is 3. The molecule has 1 unspecified atom stereocenters. The van der Waals surface area contributed by atoms with Crippen LogP contribution in [0.25, 0.3) is 31.3 Å². The van der Waals surface area contributed by atoms with Crippen LogP contribution < -0.4 is 0 Å². The Hall–Kier alpha value is -2.23. The van der Waals surface area contributed by atoms with Crippen molar-refractivity contribution in [3.63, 3.8) is 0 Å². The third-order valence-electron chi connectivity index (χ3n) is 12.7. The molecule has 0 aromatic carbocycles. The Kier molecular flexibility index (Phi) is 14.2. The lowest BCUT2D eigenvalue weighted by atomic mass is 9.43. The number of ether oxygens (including phenoxy) is 3. The topological polar surface area (TPSA) is 194 Å². The zero-order valence-electron chi connectivity index (χ0n) is 28.3. The number of hydrogen-bond acceptors (Lipinski definition) is 7. The predicted octanol–water partition coefficient (Wildman–Crippen LogP) is 8.53. The summed E-state index contributed by atoms with van der Waals surface area (Å²) in [7, 11) is 0. The van der Waals surface area contributed by atoms with E-state index in [1.807, 2.05) is 0 Å². The SMILES string of the molecule is C[C@H](CCCO)C1CC[C@H]2[C@@H]3[C@H](OCCCN=[N+]=[N-])C[C@@H]4C[C@H](OCCCN=[N+]=[N-])CC[C@]4(C)[C@H]3C[C@H](OCCCN=[N+]=[N-])[C@]12C. The minimum Gasteiger partial charge on any atom is -0.396 e. The van der Waals surface area contributed by atoms with Gasteiger partial charge >= 0.3 is 0 Å². The van der Waals surface area contributed by atoms with E-state index < -0.39 is 0 Å². The van der Waals surface area contributed by atoms with E-state index in [0.29, 0.717) is 75.0 Å². The summed E-state index contributed by atoms with van der Waals surface area (Å²) in [6, 6.07) is 0. The molecule has 13 heteroatoms. The van der Waals surface area contributed by atoms with E-state index in [0.717, 1.165) is 64.2 Å². The number of nitrogens with zero attached hydrogens (tertiary/aromatic N) is 9. The van der Waals surface area contributed by atoms with Crippen molar-refractivity contribution in [2.75, 3.05) is 46.1 Å². The van der Waals surface area contributed by atoms with Gasteiger partial charge in [-0.1, -0.05) is 36.1 Å². The summed E-state index contributed by atoms with van der Waals surface area (Å²) in [6.07, 6.45) is 12.0. The molecule has 258 valence electrons. The smallest absolute Gasteiger partial charge is 0.0637 e. The second-order valence-corrected chi connectivity index (χ2v) is 14.8. The van der Waals surface area contributed by atoms with Crippen LogP contribution in [0.3, 0.4) is 0 Å². The van der Waals surface area contributed by atoms with Gasteiger partial charge in [0.1, 0.15) is 0 Å². The Labute approximate surface area is 274 Å². The molecule has 1 N–H and O–H groups in total. The average molecular weight is 644 g/mol. The van der Waals surface area contributed by atoms with Crippen molar-refractivity contribution in [2.24, 2.45) is 61.7 Å². The zero-order chi connectivity index (χ0) is 33.0. The maximum Gasteiger partial charge on any atom is 0.0637 e. The molecule has 4 fully saturated rings. The molecule has 0 amide bonds. The van der Waals surface area contributed by atoms with Crippen LogP contribution in [-0.4, -0.2) is 69.5 Å². The second kappa shape index (κ2) is 17.8. The van der Waals surface area contributed by atoms with Crippen molar-refractivity contribution in [3.8, 4) is 0 Å². The average Bonchev–Trinajstić information content (AvgIpc) is 3.41. The van der Waals surface area contributed by atoms with Crippen LogP contribution in [0.5, 0.6) is 0 Å². The van der Waals surface area contributed by atoms with Crippen LogP contribution in [0.15, 0.2) is 15.3 Å². The number of fused-ring (bicyclic) bond motifs is 5. The monoisotopic (exact) mass is 643 g/mol. The van der Waals surface area contributed by atoms with Crippen molar-refractivity contribution < 1.29 is 19.3 Å². The van der Waals surface area contributed by atoms with Crippen LogP contribution in [0, 0.1) is 46.3 Å². The summed E-state index contributed by atoms with van der Waals surface area (Å²) in [5.41, 5.74) is 26.3. The molecular weight excluding hydrogens is 586 g/mol. The van der Waals surface area contributed by atoms with Crippen LogP contribution >= 0.6 is 0 Å². The van der Waals surface area contributed by atoms with Crippen molar-refractivity contribution in [1.29, 1.82) is 0 Å². The van der Waals surface area contributed by atoms with Crippen LogP contribution in [0.2, 0.25) is 0 Å². The fraction of sp³-hybridized carbons (Fsp3) is 1.00. The van der Waals surface area contributed by atoms with E-state index in [-0.39, 0.29) is 35.7 Å². The molecule has 0 bridgehead atoms. The highest BCUT2D eigenvalue weighted by atomic mass is 16.5. The predicted molar refractivity (Wildman–Crippen MR) is 177 cm³/mol. The van der Waals surface area contributed by atoms with E-state index in [2.05, 4.69) is 50.8 Å². The first-order valence-electron chi connectivity index (χ1n) is 17.8. The first-order chi connectivity index (χ1) is 22.3. The third-order valence-corrected chi connectivity index (χ3v) is 12.7. The molecule has 0 aromatic rings. The summed E-state index contributed by atoms with van der Waals surface area (Å²) in [6.45, 7) is 10.8. The molecule has 13 nitrogen and oxygen atoms in total. The van der Waals surface area contributed by atoms with E-state index in [9.17, 15) is 5.11 Å². The van der Waals surface area contributed by atoms with Crippen molar-refractivity contribution in [1.82, 2.24) is 0 Å². The van der Waals surface area contributed by atoms with Gasteiger partial charge in [0.15, 0.2) is 0 Å². The van der Waals surface area contributed by atoms with Gasteiger partial charge in [0.25, 0.3) is 0 Å². The van der Waals surface area contributed by atoms with Gasteiger partial charge in [0.05, 0.1) is 18.3 Å². The van der Waals surface area contributed by atoms with Gasteiger partial charge in [-0.15, -0.1) is 0 Å². The standard InChI is InChI=1S/C33H57N9O4/c1-23(8-4-16-43)26-9-10-27-31-28(22-30(33(26,27)3)46-19-7-15-39-42-36)32(2)12-11-25(44-17-5-13-37-40-34)20-24(32)21-29(31)45-18-6-14-38-41-35/h23-31,43H,4-22H2,1-3H3/t23-,24+,25-,26?,27+,28+,29-,30+,31+,32+,33-/m1/s1. The lowest BCUT2D eigenvalue weighted by molar-refractivity contribution is -0.227. The molecule has 4 saturated carbocycles. The van der Waals surface area contributed by atoms with Gasteiger partial charge in [-0.05, 0) is 135 Å². The number of hydrogen-bond donors (Lipinski definition) is 1. The normalized spacial score (nSPS) is 37.0. The van der Waals surface area contributed by atoms with E-state index in [1.165, 1.54) is 12.8 Å². The van der Waals surface area contributed by atoms with Crippen LogP contribution in [-0.2, 0) is 14.2 Å². The molecule has 46 heavy (non-hydrogen) atoms. The van der Waals surface area contributed by atoms with Gasteiger partial charge in [-0.25, -0.2) is 0 Å². The minimum absolute atomic E-state index is 0.00331. The minimum atomic E-state index is -0.00331. The molecule has 4 rings (SSSR count). The van der Waals surface area contributed by atoms with E-state index >= 15 is 0 Å². The highest BCUT2D eigenvalue weighted by Gasteiger charge is 2.66. The first-order valence-corrected chi connectivity index (χ1v) is 17.8. The molecule has 0 aliphatic heterocycles. The molecule has 0 radical (unpaired) electrons. The van der Waals surface area contributed by atoms with Crippen molar-refractivity contribution in [2.45, 2.75) is 116 Å². The third kappa shape index (κ3) is 8.24. The van der Waals surface area contributed by atoms with Gasteiger partial charge in [-0.2, -0.15) is 0 Å². The Morgan fingerprint density at radius 3 is 2.04 bits per heavy atom. The highest BCUT2D eigenvalue weighted by Crippen LogP contribution is 2.69. The van der Waals surface area contributed by atoms with Gasteiger partial charge in [-0.3, -0.25) is 0 Å². The summed E-state index contributed by atoms with van der Waals surface area (Å²) in [5.74, 6) is 2.86. The molecular formula is C33H57N9O4. The largest absolute Gasteiger partial charge is 0.396 e. The summed E-state index contributed by atoms with van der Waals surface area (Å²) in [4.78, 5) is 8.71.